The second-order valence-electron chi connectivity index (χ2n) is 5.69. The number of carbonyl (C=O) groups excluding carboxylic acids is 2. The molecule has 138 valence electrons. The molecule has 0 aromatic heterocycles. The van der Waals surface area contributed by atoms with Crippen molar-refractivity contribution in [3.8, 4) is 5.75 Å². The predicted molar refractivity (Wildman–Crippen MR) is 98.2 cm³/mol. The van der Waals surface area contributed by atoms with Crippen molar-refractivity contribution in [2.75, 3.05) is 13.2 Å². The van der Waals surface area contributed by atoms with E-state index in [1.54, 1.807) is 38.1 Å². The number of benzene rings is 2. The number of carbonyl (C=O) groups is 2. The van der Waals surface area contributed by atoms with E-state index in [-0.39, 0.29) is 24.5 Å². The van der Waals surface area contributed by atoms with Crippen LogP contribution in [-0.4, -0.2) is 25.2 Å². The zero-order valence-electron chi connectivity index (χ0n) is 15.4. The van der Waals surface area contributed by atoms with Gasteiger partial charge in [-0.15, -0.1) is 0 Å². The molecule has 0 saturated carbocycles. The fourth-order valence-corrected chi connectivity index (χ4v) is 2.58. The fraction of sp³-hybridized carbons (Fsp3) is 0.333. The van der Waals surface area contributed by atoms with Crippen molar-refractivity contribution in [1.29, 1.82) is 0 Å². The summed E-state index contributed by atoms with van der Waals surface area (Å²) in [6, 6.07) is 14.5. The molecule has 0 bridgehead atoms. The van der Waals surface area contributed by atoms with Gasteiger partial charge in [-0.1, -0.05) is 30.3 Å². The topological polar surface area (TPSA) is 61.8 Å². The fourth-order valence-electron chi connectivity index (χ4n) is 2.58. The van der Waals surface area contributed by atoms with Gasteiger partial charge in [-0.2, -0.15) is 0 Å². The minimum absolute atomic E-state index is 0.232. The summed E-state index contributed by atoms with van der Waals surface area (Å²) in [6.07, 6.45) is -0.0958. The van der Waals surface area contributed by atoms with E-state index in [9.17, 15) is 9.59 Å². The number of rotatable bonds is 8. The molecular weight excluding hydrogens is 332 g/mol. The lowest BCUT2D eigenvalue weighted by molar-refractivity contribution is -0.142. The van der Waals surface area contributed by atoms with E-state index in [4.69, 9.17) is 14.2 Å². The zero-order valence-corrected chi connectivity index (χ0v) is 15.4. The van der Waals surface area contributed by atoms with Crippen molar-refractivity contribution in [2.24, 2.45) is 0 Å². The van der Waals surface area contributed by atoms with Crippen molar-refractivity contribution in [1.82, 2.24) is 0 Å². The van der Waals surface area contributed by atoms with Gasteiger partial charge in [-0.25, -0.2) is 4.79 Å². The predicted octanol–water partition coefficient (Wildman–Crippen LogP) is 4.11. The Kier molecular flexibility index (Phi) is 7.21. The van der Waals surface area contributed by atoms with E-state index in [0.717, 1.165) is 11.1 Å². The Labute approximate surface area is 153 Å². The third-order valence-electron chi connectivity index (χ3n) is 3.78. The van der Waals surface area contributed by atoms with Crippen LogP contribution in [0.15, 0.2) is 48.5 Å². The van der Waals surface area contributed by atoms with Gasteiger partial charge in [0.1, 0.15) is 11.9 Å². The Hall–Kier alpha value is -2.82. The van der Waals surface area contributed by atoms with Gasteiger partial charge in [0.05, 0.1) is 25.2 Å². The van der Waals surface area contributed by atoms with Crippen LogP contribution in [0.4, 0.5) is 0 Å². The van der Waals surface area contributed by atoms with Crippen LogP contribution < -0.4 is 4.74 Å². The van der Waals surface area contributed by atoms with Gasteiger partial charge in [-0.3, -0.25) is 4.79 Å². The number of hydrogen-bond donors (Lipinski definition) is 0. The molecule has 26 heavy (non-hydrogen) atoms. The number of ether oxygens (including phenoxy) is 3. The first-order valence-electron chi connectivity index (χ1n) is 8.72. The van der Waals surface area contributed by atoms with Crippen LogP contribution in [0.3, 0.4) is 0 Å². The zero-order chi connectivity index (χ0) is 18.9. The highest BCUT2D eigenvalue weighted by atomic mass is 16.5. The molecule has 0 saturated heterocycles. The molecule has 2 aromatic rings. The van der Waals surface area contributed by atoms with E-state index in [1.807, 2.05) is 31.2 Å². The molecule has 0 aliphatic rings. The van der Waals surface area contributed by atoms with Crippen LogP contribution >= 0.6 is 0 Å². The van der Waals surface area contributed by atoms with Crippen LogP contribution in [0.5, 0.6) is 5.75 Å². The molecule has 0 amide bonds. The third-order valence-corrected chi connectivity index (χ3v) is 3.78. The van der Waals surface area contributed by atoms with Crippen LogP contribution in [-0.2, 0) is 20.7 Å². The molecule has 5 nitrogen and oxygen atoms in total. The average molecular weight is 356 g/mol. The quantitative estimate of drug-likeness (QED) is 0.666. The molecule has 1 unspecified atom stereocenters. The molecule has 0 spiro atoms. The van der Waals surface area contributed by atoms with Gasteiger partial charge in [-0.05, 0) is 44.5 Å². The summed E-state index contributed by atoms with van der Waals surface area (Å²) in [5.41, 5.74) is 2.12. The lowest BCUT2D eigenvalue weighted by atomic mass is 10.0. The Morgan fingerprint density at radius 3 is 2.23 bits per heavy atom. The average Bonchev–Trinajstić information content (AvgIpc) is 2.63. The molecule has 0 aliphatic carbocycles. The maximum Gasteiger partial charge on any atom is 0.338 e. The first-order chi connectivity index (χ1) is 12.5. The van der Waals surface area contributed by atoms with E-state index >= 15 is 0 Å². The summed E-state index contributed by atoms with van der Waals surface area (Å²) >= 11 is 0. The van der Waals surface area contributed by atoms with E-state index in [1.165, 1.54) is 0 Å². The van der Waals surface area contributed by atoms with Gasteiger partial charge in [0.25, 0.3) is 0 Å². The first kappa shape index (κ1) is 19.5. The van der Waals surface area contributed by atoms with Crippen LogP contribution in [0.25, 0.3) is 0 Å². The molecule has 0 N–H and O–H groups in total. The minimum atomic E-state index is -0.358. The van der Waals surface area contributed by atoms with Crippen molar-refractivity contribution >= 4 is 11.9 Å². The van der Waals surface area contributed by atoms with Crippen molar-refractivity contribution in [2.45, 2.75) is 33.3 Å². The Morgan fingerprint density at radius 1 is 0.923 bits per heavy atom. The maximum atomic E-state index is 12.1. The SMILES string of the molecule is CCOC(=O)Cc1ccc(OC(C)c2ccccc2C(=O)OCC)cc1. The van der Waals surface area contributed by atoms with E-state index < -0.39 is 0 Å². The molecule has 5 heteroatoms. The number of esters is 2. The largest absolute Gasteiger partial charge is 0.486 e. The second-order valence-corrected chi connectivity index (χ2v) is 5.69. The lowest BCUT2D eigenvalue weighted by Gasteiger charge is -2.18. The van der Waals surface area contributed by atoms with Gasteiger partial charge >= 0.3 is 11.9 Å². The van der Waals surface area contributed by atoms with E-state index in [0.29, 0.717) is 24.5 Å². The molecule has 0 fully saturated rings. The Balaban J connectivity index is 2.07. The van der Waals surface area contributed by atoms with Crippen LogP contribution in [0.1, 0.15) is 48.4 Å². The monoisotopic (exact) mass is 356 g/mol. The highest BCUT2D eigenvalue weighted by Gasteiger charge is 2.18. The highest BCUT2D eigenvalue weighted by Crippen LogP contribution is 2.25. The summed E-state index contributed by atoms with van der Waals surface area (Å²) in [5.74, 6) is 0.0463. The van der Waals surface area contributed by atoms with Gasteiger partial charge < -0.3 is 14.2 Å². The summed E-state index contributed by atoms with van der Waals surface area (Å²) in [4.78, 5) is 23.6. The van der Waals surface area contributed by atoms with Gasteiger partial charge in [0, 0.05) is 5.56 Å². The first-order valence-corrected chi connectivity index (χ1v) is 8.72. The number of hydrogen-bond acceptors (Lipinski definition) is 5. The van der Waals surface area contributed by atoms with Crippen molar-refractivity contribution in [3.05, 3.63) is 65.2 Å². The highest BCUT2D eigenvalue weighted by molar-refractivity contribution is 5.91. The molecule has 1 atom stereocenters. The smallest absolute Gasteiger partial charge is 0.338 e. The van der Waals surface area contributed by atoms with Crippen molar-refractivity contribution in [3.63, 3.8) is 0 Å². The normalized spacial score (nSPS) is 11.5. The maximum absolute atomic E-state index is 12.1. The Bertz CT molecular complexity index is 736. The molecule has 0 heterocycles. The molecule has 2 aromatic carbocycles. The van der Waals surface area contributed by atoms with Crippen LogP contribution in [0.2, 0.25) is 0 Å². The van der Waals surface area contributed by atoms with Crippen LogP contribution in [0, 0.1) is 0 Å². The summed E-state index contributed by atoms with van der Waals surface area (Å²) in [7, 11) is 0. The third kappa shape index (κ3) is 5.34. The van der Waals surface area contributed by atoms with Gasteiger partial charge in [0.15, 0.2) is 0 Å². The standard InChI is InChI=1S/C21H24O5/c1-4-24-20(22)14-16-10-12-17(13-11-16)26-15(3)18-8-6-7-9-19(18)21(23)25-5-2/h6-13,15H,4-5,14H2,1-3H3. The summed E-state index contributed by atoms with van der Waals surface area (Å²) < 4.78 is 16.0. The molecular formula is C21H24O5. The minimum Gasteiger partial charge on any atom is -0.486 e. The molecule has 0 radical (unpaired) electrons. The Morgan fingerprint density at radius 2 is 1.58 bits per heavy atom. The molecule has 2 rings (SSSR count). The van der Waals surface area contributed by atoms with Gasteiger partial charge in [0.2, 0.25) is 0 Å². The lowest BCUT2D eigenvalue weighted by Crippen LogP contribution is -2.12. The summed E-state index contributed by atoms with van der Waals surface area (Å²) in [6.45, 7) is 6.13. The second kappa shape index (κ2) is 9.61. The molecule has 0 aliphatic heterocycles. The van der Waals surface area contributed by atoms with E-state index in [2.05, 4.69) is 0 Å². The summed E-state index contributed by atoms with van der Waals surface area (Å²) in [5, 5.41) is 0. The van der Waals surface area contributed by atoms with Crippen molar-refractivity contribution < 1.29 is 23.8 Å².